The lowest BCUT2D eigenvalue weighted by Crippen LogP contribution is -2.08. The molecule has 1 aromatic carbocycles. The summed E-state index contributed by atoms with van der Waals surface area (Å²) in [5, 5.41) is 6.06. The van der Waals surface area contributed by atoms with Gasteiger partial charge in [-0.25, -0.2) is 0 Å². The van der Waals surface area contributed by atoms with Crippen LogP contribution >= 0.6 is 22.9 Å². The molecule has 0 unspecified atom stereocenters. The van der Waals surface area contributed by atoms with Crippen LogP contribution < -0.4 is 5.32 Å². The van der Waals surface area contributed by atoms with Crippen LogP contribution in [-0.4, -0.2) is 13.2 Å². The van der Waals surface area contributed by atoms with Crippen molar-refractivity contribution < 1.29 is 4.74 Å². The summed E-state index contributed by atoms with van der Waals surface area (Å²) in [7, 11) is 0. The summed E-state index contributed by atoms with van der Waals surface area (Å²) in [5.41, 5.74) is 1.03. The third-order valence-electron chi connectivity index (χ3n) is 2.22. The van der Waals surface area contributed by atoms with Crippen molar-refractivity contribution in [3.8, 4) is 0 Å². The van der Waals surface area contributed by atoms with Gasteiger partial charge in [-0.1, -0.05) is 23.7 Å². The Labute approximate surface area is 110 Å². The first-order valence-electron chi connectivity index (χ1n) is 5.44. The first-order chi connectivity index (χ1) is 8.34. The summed E-state index contributed by atoms with van der Waals surface area (Å²) in [6.45, 7) is 2.16. The topological polar surface area (TPSA) is 21.3 Å². The highest BCUT2D eigenvalue weighted by molar-refractivity contribution is 7.09. The van der Waals surface area contributed by atoms with Crippen molar-refractivity contribution in [2.45, 2.75) is 6.61 Å². The lowest BCUT2D eigenvalue weighted by Gasteiger charge is -2.07. The van der Waals surface area contributed by atoms with E-state index in [2.05, 4.69) is 16.8 Å². The first-order valence-corrected chi connectivity index (χ1v) is 6.70. The van der Waals surface area contributed by atoms with Gasteiger partial charge in [-0.3, -0.25) is 0 Å². The van der Waals surface area contributed by atoms with Crippen LogP contribution in [0.2, 0.25) is 5.02 Å². The van der Waals surface area contributed by atoms with Crippen LogP contribution in [0.15, 0.2) is 41.8 Å². The Morgan fingerprint density at radius 2 is 2.18 bits per heavy atom. The molecule has 1 N–H and O–H groups in total. The van der Waals surface area contributed by atoms with Crippen molar-refractivity contribution in [1.29, 1.82) is 0 Å². The van der Waals surface area contributed by atoms with Gasteiger partial charge in [0.15, 0.2) is 0 Å². The van der Waals surface area contributed by atoms with Crippen molar-refractivity contribution in [3.63, 3.8) is 0 Å². The molecule has 0 aliphatic rings. The fourth-order valence-corrected chi connectivity index (χ4v) is 2.26. The van der Waals surface area contributed by atoms with Crippen LogP contribution in [0.3, 0.4) is 0 Å². The predicted octanol–water partition coefficient (Wildman–Crippen LogP) is 4.03. The summed E-state index contributed by atoms with van der Waals surface area (Å²) in [6, 6.07) is 11.8. The number of anilines is 1. The van der Waals surface area contributed by atoms with Crippen LogP contribution in [0.25, 0.3) is 0 Å². The van der Waals surface area contributed by atoms with Crippen molar-refractivity contribution >= 4 is 28.6 Å². The van der Waals surface area contributed by atoms with Gasteiger partial charge in [-0.2, -0.15) is 0 Å². The molecule has 2 aromatic rings. The maximum Gasteiger partial charge on any atom is 0.0810 e. The van der Waals surface area contributed by atoms with E-state index in [9.17, 15) is 0 Å². The average molecular weight is 268 g/mol. The van der Waals surface area contributed by atoms with E-state index in [-0.39, 0.29) is 0 Å². The normalized spacial score (nSPS) is 10.4. The molecule has 0 aliphatic heterocycles. The Kier molecular flexibility index (Phi) is 4.86. The molecule has 0 saturated carbocycles. The molecule has 0 fully saturated rings. The molecule has 0 saturated heterocycles. The van der Waals surface area contributed by atoms with Gasteiger partial charge < -0.3 is 10.1 Å². The molecule has 0 bridgehead atoms. The van der Waals surface area contributed by atoms with Crippen molar-refractivity contribution in [2.75, 3.05) is 18.5 Å². The highest BCUT2D eigenvalue weighted by Gasteiger charge is 1.95. The van der Waals surface area contributed by atoms with Crippen molar-refractivity contribution in [2.24, 2.45) is 0 Å². The zero-order valence-electron chi connectivity index (χ0n) is 9.36. The second-order valence-electron chi connectivity index (χ2n) is 3.57. The number of benzene rings is 1. The van der Waals surface area contributed by atoms with Crippen LogP contribution in [0, 0.1) is 0 Å². The monoisotopic (exact) mass is 267 g/mol. The van der Waals surface area contributed by atoms with E-state index in [1.807, 2.05) is 30.3 Å². The molecule has 2 rings (SSSR count). The number of rotatable bonds is 6. The molecule has 90 valence electrons. The molecule has 0 atom stereocenters. The van der Waals surface area contributed by atoms with Gasteiger partial charge in [0.2, 0.25) is 0 Å². The molecule has 2 nitrogen and oxygen atoms in total. The molecular formula is C13H14ClNOS. The van der Waals surface area contributed by atoms with Crippen LogP contribution in [-0.2, 0) is 11.3 Å². The second kappa shape index (κ2) is 6.64. The van der Waals surface area contributed by atoms with Gasteiger partial charge in [0.05, 0.1) is 13.2 Å². The third-order valence-corrected chi connectivity index (χ3v) is 3.31. The fraction of sp³-hybridized carbons (Fsp3) is 0.231. The summed E-state index contributed by atoms with van der Waals surface area (Å²) >= 11 is 7.60. The zero-order chi connectivity index (χ0) is 11.9. The lowest BCUT2D eigenvalue weighted by molar-refractivity contribution is 0.132. The third kappa shape index (κ3) is 4.38. The smallest absolute Gasteiger partial charge is 0.0810 e. The van der Waals surface area contributed by atoms with E-state index in [0.717, 1.165) is 17.3 Å². The van der Waals surface area contributed by atoms with Crippen LogP contribution in [0.5, 0.6) is 0 Å². The van der Waals surface area contributed by atoms with Gasteiger partial charge in [-0.15, -0.1) is 11.3 Å². The molecule has 4 heteroatoms. The largest absolute Gasteiger partial charge is 0.383 e. The quantitative estimate of drug-likeness (QED) is 0.798. The molecule has 0 radical (unpaired) electrons. The lowest BCUT2D eigenvalue weighted by atomic mass is 10.3. The summed E-state index contributed by atoms with van der Waals surface area (Å²) < 4.78 is 5.54. The van der Waals surface area contributed by atoms with Gasteiger partial charge >= 0.3 is 0 Å². The van der Waals surface area contributed by atoms with Gasteiger partial charge in [-0.05, 0) is 29.6 Å². The Morgan fingerprint density at radius 1 is 1.24 bits per heavy atom. The number of nitrogens with one attached hydrogen (secondary N) is 1. The van der Waals surface area contributed by atoms with Crippen molar-refractivity contribution in [3.05, 3.63) is 51.7 Å². The Balaban J connectivity index is 1.63. The van der Waals surface area contributed by atoms with Crippen LogP contribution in [0.4, 0.5) is 5.69 Å². The van der Waals surface area contributed by atoms with Crippen LogP contribution in [0.1, 0.15) is 4.88 Å². The maximum absolute atomic E-state index is 5.88. The molecule has 17 heavy (non-hydrogen) atoms. The highest BCUT2D eigenvalue weighted by Crippen LogP contribution is 2.14. The standard InChI is InChI=1S/C13H14ClNOS/c14-11-3-1-4-12(9-11)15-6-7-16-10-13-5-2-8-17-13/h1-5,8-9,15H,6-7,10H2. The van der Waals surface area contributed by atoms with Gasteiger partial charge in [0.1, 0.15) is 0 Å². The minimum absolute atomic E-state index is 0.685. The average Bonchev–Trinajstić information content (AvgIpc) is 2.82. The summed E-state index contributed by atoms with van der Waals surface area (Å²) in [5.74, 6) is 0. The van der Waals surface area contributed by atoms with E-state index in [1.165, 1.54) is 4.88 Å². The maximum atomic E-state index is 5.88. The number of ether oxygens (including phenoxy) is 1. The first kappa shape index (κ1) is 12.4. The molecule has 0 spiro atoms. The number of hydrogen-bond donors (Lipinski definition) is 1. The zero-order valence-corrected chi connectivity index (χ0v) is 10.9. The minimum atomic E-state index is 0.685. The predicted molar refractivity (Wildman–Crippen MR) is 73.9 cm³/mol. The van der Waals surface area contributed by atoms with E-state index in [4.69, 9.17) is 16.3 Å². The summed E-state index contributed by atoms with van der Waals surface area (Å²) in [4.78, 5) is 1.26. The Bertz CT molecular complexity index is 444. The Hall–Kier alpha value is -1.03. The number of hydrogen-bond acceptors (Lipinski definition) is 3. The fourth-order valence-electron chi connectivity index (χ4n) is 1.43. The Morgan fingerprint density at radius 3 is 2.94 bits per heavy atom. The van der Waals surface area contributed by atoms with Gasteiger partial charge in [0, 0.05) is 22.1 Å². The highest BCUT2D eigenvalue weighted by atomic mass is 35.5. The minimum Gasteiger partial charge on any atom is -0.383 e. The molecular weight excluding hydrogens is 254 g/mol. The molecule has 1 aromatic heterocycles. The summed E-state index contributed by atoms with van der Waals surface area (Å²) in [6.07, 6.45) is 0. The van der Waals surface area contributed by atoms with E-state index in [1.54, 1.807) is 11.3 Å². The SMILES string of the molecule is Clc1cccc(NCCOCc2cccs2)c1. The van der Waals surface area contributed by atoms with E-state index < -0.39 is 0 Å². The van der Waals surface area contributed by atoms with Crippen molar-refractivity contribution in [1.82, 2.24) is 0 Å². The second-order valence-corrected chi connectivity index (χ2v) is 5.04. The molecule has 1 heterocycles. The van der Waals surface area contributed by atoms with E-state index in [0.29, 0.717) is 13.2 Å². The van der Waals surface area contributed by atoms with E-state index >= 15 is 0 Å². The number of halogens is 1. The van der Waals surface area contributed by atoms with Gasteiger partial charge in [0.25, 0.3) is 0 Å². The molecule has 0 amide bonds. The molecule has 0 aliphatic carbocycles. The number of thiophene rings is 1.